The van der Waals surface area contributed by atoms with Gasteiger partial charge in [0.1, 0.15) is 11.5 Å². The molecule has 0 aliphatic carbocycles. The topological polar surface area (TPSA) is 67.9 Å². The van der Waals surface area contributed by atoms with Crippen LogP contribution in [0.5, 0.6) is 11.5 Å². The summed E-state index contributed by atoms with van der Waals surface area (Å²) in [5, 5.41) is 2.53. The third-order valence-corrected chi connectivity index (χ3v) is 4.82. The molecule has 3 rings (SSSR count). The normalized spacial score (nSPS) is 15.3. The lowest BCUT2D eigenvalue weighted by molar-refractivity contribution is -0.123. The summed E-state index contributed by atoms with van der Waals surface area (Å²) in [7, 11) is 3.06. The molecule has 2 aromatic carbocycles. The molecule has 0 saturated carbocycles. The van der Waals surface area contributed by atoms with E-state index < -0.39 is 17.8 Å². The number of amides is 3. The lowest BCUT2D eigenvalue weighted by Crippen LogP contribution is -2.30. The molecule has 3 amide bonds. The molecule has 1 heterocycles. The van der Waals surface area contributed by atoms with E-state index >= 15 is 0 Å². The summed E-state index contributed by atoms with van der Waals surface area (Å²) in [5.41, 5.74) is 1.04. The van der Waals surface area contributed by atoms with Gasteiger partial charge in [-0.25, -0.2) is 9.18 Å². The van der Waals surface area contributed by atoms with E-state index in [-0.39, 0.29) is 17.8 Å². The zero-order valence-electron chi connectivity index (χ0n) is 14.6. The minimum absolute atomic E-state index is 0.111. The van der Waals surface area contributed by atoms with Gasteiger partial charge in [0, 0.05) is 5.56 Å². The van der Waals surface area contributed by atoms with Gasteiger partial charge in [-0.1, -0.05) is 18.2 Å². The summed E-state index contributed by atoms with van der Waals surface area (Å²) in [4.78, 5) is 25.7. The number of carbonyl (C=O) groups excluding carboxylic acids is 2. The Labute approximate surface area is 169 Å². The Hall–Kier alpha value is -2.62. The first-order chi connectivity index (χ1) is 12.9. The fourth-order valence-corrected chi connectivity index (χ4v) is 3.55. The predicted molar refractivity (Wildman–Crippen MR) is 106 cm³/mol. The fourth-order valence-electron chi connectivity index (χ4n) is 2.70. The maximum atomic E-state index is 13.8. The largest absolute Gasteiger partial charge is 0.493 e. The van der Waals surface area contributed by atoms with E-state index in [1.807, 2.05) is 0 Å². The SMILES string of the molecule is COc1cc(/C=C2/NC(=O)N(Cc3ccccc3F)C2=O)cc(I)c1OC. The number of benzene rings is 2. The van der Waals surface area contributed by atoms with Crippen LogP contribution in [0.3, 0.4) is 0 Å². The van der Waals surface area contributed by atoms with Crippen LogP contribution in [0, 0.1) is 9.39 Å². The van der Waals surface area contributed by atoms with Crippen molar-refractivity contribution in [2.24, 2.45) is 0 Å². The summed E-state index contributed by atoms with van der Waals surface area (Å²) in [6, 6.07) is 8.93. The van der Waals surface area contributed by atoms with Crippen LogP contribution in [-0.4, -0.2) is 31.1 Å². The van der Waals surface area contributed by atoms with Gasteiger partial charge in [0.15, 0.2) is 11.5 Å². The minimum atomic E-state index is -0.593. The molecule has 0 radical (unpaired) electrons. The highest BCUT2D eigenvalue weighted by Gasteiger charge is 2.34. The standard InChI is InChI=1S/C19H16FIN2O4/c1-26-16-9-11(7-14(21)17(16)27-2)8-15-18(24)23(19(25)22-15)10-12-5-3-4-6-13(12)20/h3-9H,10H2,1-2H3,(H,22,25)/b15-8+. The molecule has 0 unspecified atom stereocenters. The first kappa shape index (κ1) is 19.2. The number of methoxy groups -OCH3 is 2. The van der Waals surface area contributed by atoms with E-state index in [1.54, 1.807) is 37.5 Å². The van der Waals surface area contributed by atoms with Gasteiger partial charge in [-0.3, -0.25) is 9.69 Å². The Morgan fingerprint density at radius 1 is 1.19 bits per heavy atom. The van der Waals surface area contributed by atoms with E-state index in [0.717, 1.165) is 8.47 Å². The molecule has 0 aromatic heterocycles. The van der Waals surface area contributed by atoms with Crippen LogP contribution in [0.25, 0.3) is 6.08 Å². The highest BCUT2D eigenvalue weighted by Crippen LogP contribution is 2.34. The van der Waals surface area contributed by atoms with Crippen molar-refractivity contribution in [3.05, 3.63) is 62.6 Å². The summed E-state index contributed by atoms with van der Waals surface area (Å²) in [6.07, 6.45) is 1.55. The number of rotatable bonds is 5. The van der Waals surface area contributed by atoms with Gasteiger partial charge < -0.3 is 14.8 Å². The van der Waals surface area contributed by atoms with Gasteiger partial charge in [-0.05, 0) is 52.4 Å². The van der Waals surface area contributed by atoms with Crippen LogP contribution < -0.4 is 14.8 Å². The van der Waals surface area contributed by atoms with Crippen LogP contribution in [0.2, 0.25) is 0 Å². The third-order valence-electron chi connectivity index (χ3n) is 4.02. The molecule has 6 nitrogen and oxygen atoms in total. The molecule has 0 bridgehead atoms. The van der Waals surface area contributed by atoms with Crippen molar-refractivity contribution in [2.45, 2.75) is 6.54 Å². The first-order valence-corrected chi connectivity index (χ1v) is 9.02. The van der Waals surface area contributed by atoms with Crippen molar-refractivity contribution in [2.75, 3.05) is 14.2 Å². The van der Waals surface area contributed by atoms with Crippen molar-refractivity contribution in [3.8, 4) is 11.5 Å². The van der Waals surface area contributed by atoms with Gasteiger partial charge in [-0.15, -0.1) is 0 Å². The van der Waals surface area contributed by atoms with Gasteiger partial charge >= 0.3 is 6.03 Å². The van der Waals surface area contributed by atoms with Crippen LogP contribution in [0.15, 0.2) is 42.1 Å². The number of hydrogen-bond acceptors (Lipinski definition) is 4. The van der Waals surface area contributed by atoms with Crippen molar-refractivity contribution in [3.63, 3.8) is 0 Å². The second-order valence-corrected chi connectivity index (χ2v) is 6.87. The number of hydrogen-bond donors (Lipinski definition) is 1. The monoisotopic (exact) mass is 482 g/mol. The molecule has 2 aromatic rings. The van der Waals surface area contributed by atoms with Gasteiger partial charge in [0.05, 0.1) is 24.3 Å². The quantitative estimate of drug-likeness (QED) is 0.403. The first-order valence-electron chi connectivity index (χ1n) is 7.94. The number of halogens is 2. The molecule has 1 fully saturated rings. The Balaban J connectivity index is 1.88. The smallest absolute Gasteiger partial charge is 0.329 e. The summed E-state index contributed by atoms with van der Waals surface area (Å²) < 4.78 is 25.2. The summed E-state index contributed by atoms with van der Waals surface area (Å²) in [6.45, 7) is -0.141. The second kappa shape index (κ2) is 7.95. The fraction of sp³-hybridized carbons (Fsp3) is 0.158. The Morgan fingerprint density at radius 2 is 1.93 bits per heavy atom. The molecule has 0 atom stereocenters. The van der Waals surface area contributed by atoms with Crippen LogP contribution >= 0.6 is 22.6 Å². The maximum Gasteiger partial charge on any atom is 0.329 e. The highest BCUT2D eigenvalue weighted by molar-refractivity contribution is 14.1. The van der Waals surface area contributed by atoms with E-state index in [9.17, 15) is 14.0 Å². The molecule has 1 aliphatic heterocycles. The van der Waals surface area contributed by atoms with Crippen LogP contribution in [-0.2, 0) is 11.3 Å². The Morgan fingerprint density at radius 3 is 2.59 bits per heavy atom. The molecule has 8 heteroatoms. The summed E-state index contributed by atoms with van der Waals surface area (Å²) >= 11 is 2.10. The van der Waals surface area contributed by atoms with Crippen LogP contribution in [0.4, 0.5) is 9.18 Å². The van der Waals surface area contributed by atoms with Crippen molar-refractivity contribution < 1.29 is 23.5 Å². The number of imide groups is 1. The van der Waals surface area contributed by atoms with E-state index in [1.165, 1.54) is 19.2 Å². The molecule has 1 saturated heterocycles. The second-order valence-electron chi connectivity index (χ2n) is 5.71. The van der Waals surface area contributed by atoms with Crippen molar-refractivity contribution in [1.82, 2.24) is 10.2 Å². The van der Waals surface area contributed by atoms with E-state index in [0.29, 0.717) is 17.1 Å². The van der Waals surface area contributed by atoms with Gasteiger partial charge in [-0.2, -0.15) is 0 Å². The van der Waals surface area contributed by atoms with Crippen molar-refractivity contribution in [1.29, 1.82) is 0 Å². The summed E-state index contributed by atoms with van der Waals surface area (Å²) in [5.74, 6) is 0.109. The zero-order chi connectivity index (χ0) is 19.6. The number of nitrogens with one attached hydrogen (secondary N) is 1. The minimum Gasteiger partial charge on any atom is -0.493 e. The van der Waals surface area contributed by atoms with E-state index in [4.69, 9.17) is 9.47 Å². The number of nitrogens with zero attached hydrogens (tertiary/aromatic N) is 1. The molecule has 27 heavy (non-hydrogen) atoms. The van der Waals surface area contributed by atoms with Crippen LogP contribution in [0.1, 0.15) is 11.1 Å². The van der Waals surface area contributed by atoms with Crippen molar-refractivity contribution >= 4 is 40.6 Å². The number of carbonyl (C=O) groups is 2. The molecule has 1 aliphatic rings. The number of urea groups is 1. The predicted octanol–water partition coefficient (Wildman–Crippen LogP) is 3.54. The van der Waals surface area contributed by atoms with E-state index in [2.05, 4.69) is 27.9 Å². The van der Waals surface area contributed by atoms with Gasteiger partial charge in [0.25, 0.3) is 5.91 Å². The average molecular weight is 482 g/mol. The molecule has 0 spiro atoms. The highest BCUT2D eigenvalue weighted by atomic mass is 127. The zero-order valence-corrected chi connectivity index (χ0v) is 16.7. The average Bonchev–Trinajstić information content (AvgIpc) is 2.90. The molecule has 140 valence electrons. The number of ether oxygens (including phenoxy) is 2. The Bertz CT molecular complexity index is 945. The molecule has 1 N–H and O–H groups in total. The lowest BCUT2D eigenvalue weighted by Gasteiger charge is -2.12. The maximum absolute atomic E-state index is 13.8. The Kier molecular flexibility index (Phi) is 5.64. The molecular formula is C19H16FIN2O4. The molecular weight excluding hydrogens is 466 g/mol. The lowest BCUT2D eigenvalue weighted by atomic mass is 10.1. The third kappa shape index (κ3) is 3.90. The van der Waals surface area contributed by atoms with Gasteiger partial charge in [0.2, 0.25) is 0 Å².